The van der Waals surface area contributed by atoms with Gasteiger partial charge in [-0.25, -0.2) is 0 Å². The molecule has 100 valence electrons. The molecule has 19 heavy (non-hydrogen) atoms. The number of carbonyl (C=O) groups excluding carboxylic acids is 1. The fraction of sp³-hybridized carbons (Fsp3) is 0.231. The van der Waals surface area contributed by atoms with E-state index in [4.69, 9.17) is 11.6 Å². The van der Waals surface area contributed by atoms with E-state index in [2.05, 4.69) is 10.4 Å². The van der Waals surface area contributed by atoms with Gasteiger partial charge in [-0.2, -0.15) is 5.10 Å². The number of aryl methyl sites for hydroxylation is 2. The zero-order valence-corrected chi connectivity index (χ0v) is 11.4. The predicted molar refractivity (Wildman–Crippen MR) is 73.7 cm³/mol. The van der Waals surface area contributed by atoms with Crippen molar-refractivity contribution in [3.63, 3.8) is 0 Å². The van der Waals surface area contributed by atoms with E-state index in [1.165, 1.54) is 18.2 Å². The molecule has 0 aliphatic rings. The van der Waals surface area contributed by atoms with Crippen molar-refractivity contribution in [2.75, 3.05) is 5.32 Å². The molecule has 1 aromatic heterocycles. The molecule has 5 nitrogen and oxygen atoms in total. The Bertz CT molecular complexity index is 622. The lowest BCUT2D eigenvalue weighted by atomic mass is 10.2. The average molecular weight is 280 g/mol. The maximum atomic E-state index is 12.1. The van der Waals surface area contributed by atoms with E-state index in [1.54, 1.807) is 17.9 Å². The molecular weight excluding hydrogens is 266 g/mol. The number of nitrogens with one attached hydrogen (secondary N) is 1. The molecule has 2 N–H and O–H groups in total. The summed E-state index contributed by atoms with van der Waals surface area (Å²) < 4.78 is 1.64. The van der Waals surface area contributed by atoms with Gasteiger partial charge in [-0.05, 0) is 24.6 Å². The maximum Gasteiger partial charge on any atom is 0.257 e. The van der Waals surface area contributed by atoms with Crippen molar-refractivity contribution in [2.45, 2.75) is 13.3 Å². The molecule has 0 unspecified atom stereocenters. The number of rotatable bonds is 3. The number of anilines is 1. The summed E-state index contributed by atoms with van der Waals surface area (Å²) in [6, 6.07) is 4.25. The molecular formula is C13H14ClN3O2. The van der Waals surface area contributed by atoms with Gasteiger partial charge in [-0.15, -0.1) is 0 Å². The Kier molecular flexibility index (Phi) is 3.76. The fourth-order valence-corrected chi connectivity index (χ4v) is 1.98. The number of benzene rings is 1. The normalized spacial score (nSPS) is 10.5. The smallest absolute Gasteiger partial charge is 0.257 e. The molecule has 2 rings (SSSR count). The number of hydrogen-bond donors (Lipinski definition) is 2. The largest absolute Gasteiger partial charge is 0.508 e. The molecule has 1 aromatic carbocycles. The summed E-state index contributed by atoms with van der Waals surface area (Å²) in [6.45, 7) is 1.96. The van der Waals surface area contributed by atoms with Gasteiger partial charge in [0, 0.05) is 13.2 Å². The molecule has 0 saturated carbocycles. The molecule has 2 aromatic rings. The molecule has 6 heteroatoms. The number of hydrogen-bond acceptors (Lipinski definition) is 3. The quantitative estimate of drug-likeness (QED) is 0.907. The Morgan fingerprint density at radius 2 is 2.26 bits per heavy atom. The van der Waals surface area contributed by atoms with Crippen molar-refractivity contribution in [3.8, 4) is 5.75 Å². The number of nitrogens with zero attached hydrogens (tertiary/aromatic N) is 2. The maximum absolute atomic E-state index is 12.1. The van der Waals surface area contributed by atoms with Gasteiger partial charge in [0.1, 0.15) is 5.75 Å². The first-order chi connectivity index (χ1) is 9.01. The van der Waals surface area contributed by atoms with E-state index in [0.29, 0.717) is 12.1 Å². The highest BCUT2D eigenvalue weighted by molar-refractivity contribution is 6.34. The highest BCUT2D eigenvalue weighted by Crippen LogP contribution is 2.23. The van der Waals surface area contributed by atoms with Gasteiger partial charge in [0.15, 0.2) is 0 Å². The van der Waals surface area contributed by atoms with Gasteiger partial charge in [-0.1, -0.05) is 18.5 Å². The van der Waals surface area contributed by atoms with Gasteiger partial charge < -0.3 is 10.4 Å². The third kappa shape index (κ3) is 2.88. The summed E-state index contributed by atoms with van der Waals surface area (Å²) in [5.74, 6) is -0.375. The van der Waals surface area contributed by atoms with Gasteiger partial charge in [0.25, 0.3) is 5.91 Å². The van der Waals surface area contributed by atoms with Gasteiger partial charge in [0.05, 0.1) is 22.0 Å². The topological polar surface area (TPSA) is 67.2 Å². The molecule has 0 saturated heterocycles. The summed E-state index contributed by atoms with van der Waals surface area (Å²) in [6.07, 6.45) is 2.44. The Labute approximate surface area is 115 Å². The van der Waals surface area contributed by atoms with Crippen LogP contribution in [0.2, 0.25) is 5.02 Å². The first-order valence-corrected chi connectivity index (χ1v) is 6.21. The van der Waals surface area contributed by atoms with Gasteiger partial charge in [0.2, 0.25) is 0 Å². The summed E-state index contributed by atoms with van der Waals surface area (Å²) in [7, 11) is 1.79. The Morgan fingerprint density at radius 1 is 1.53 bits per heavy atom. The van der Waals surface area contributed by atoms with Crippen LogP contribution in [0.1, 0.15) is 23.0 Å². The van der Waals surface area contributed by atoms with Crippen molar-refractivity contribution < 1.29 is 9.90 Å². The molecule has 1 amide bonds. The minimum atomic E-state index is -0.372. The molecule has 1 heterocycles. The number of amides is 1. The second-order valence-electron chi connectivity index (χ2n) is 4.13. The number of phenols is 1. The lowest BCUT2D eigenvalue weighted by Gasteiger charge is -2.06. The SMILES string of the molecule is CCc1nn(C)cc1NC(=O)c1cc(O)ccc1Cl. The van der Waals surface area contributed by atoms with Crippen molar-refractivity contribution in [1.29, 1.82) is 0 Å². The second kappa shape index (κ2) is 5.32. The Balaban J connectivity index is 2.27. The van der Waals surface area contributed by atoms with Crippen molar-refractivity contribution >= 4 is 23.2 Å². The summed E-state index contributed by atoms with van der Waals surface area (Å²) in [4.78, 5) is 12.1. The van der Waals surface area contributed by atoms with Crippen molar-refractivity contribution in [3.05, 3.63) is 40.7 Å². The summed E-state index contributed by atoms with van der Waals surface area (Å²) >= 11 is 5.94. The average Bonchev–Trinajstić information content (AvgIpc) is 2.72. The first-order valence-electron chi connectivity index (χ1n) is 5.83. The van der Waals surface area contributed by atoms with Crippen LogP contribution in [0.4, 0.5) is 5.69 Å². The summed E-state index contributed by atoms with van der Waals surface area (Å²) in [5.41, 5.74) is 1.68. The van der Waals surface area contributed by atoms with Crippen LogP contribution < -0.4 is 5.32 Å². The van der Waals surface area contributed by atoms with Crippen LogP contribution in [0.5, 0.6) is 5.75 Å². The molecule has 0 aliphatic heterocycles. The Hall–Kier alpha value is -2.01. The van der Waals surface area contributed by atoms with Crippen LogP contribution in [0, 0.1) is 0 Å². The fourth-order valence-electron chi connectivity index (χ4n) is 1.78. The van der Waals surface area contributed by atoms with E-state index in [0.717, 1.165) is 5.69 Å². The Morgan fingerprint density at radius 3 is 2.95 bits per heavy atom. The predicted octanol–water partition coefficient (Wildman–Crippen LogP) is 2.59. The van der Waals surface area contributed by atoms with Gasteiger partial charge in [-0.3, -0.25) is 9.48 Å². The first kappa shape index (κ1) is 13.4. The van der Waals surface area contributed by atoms with Crippen LogP contribution in [-0.4, -0.2) is 20.8 Å². The van der Waals surface area contributed by atoms with Crippen LogP contribution in [0.15, 0.2) is 24.4 Å². The van der Waals surface area contributed by atoms with E-state index in [-0.39, 0.29) is 22.2 Å². The zero-order chi connectivity index (χ0) is 14.0. The second-order valence-corrected chi connectivity index (χ2v) is 4.54. The van der Waals surface area contributed by atoms with Crippen LogP contribution in [-0.2, 0) is 13.5 Å². The molecule has 0 radical (unpaired) electrons. The van der Waals surface area contributed by atoms with E-state index in [9.17, 15) is 9.90 Å². The van der Waals surface area contributed by atoms with Crippen molar-refractivity contribution in [2.24, 2.45) is 7.05 Å². The standard InChI is InChI=1S/C13H14ClN3O2/c1-3-11-12(7-17(2)16-11)15-13(19)9-6-8(18)4-5-10(9)14/h4-7,18H,3H2,1-2H3,(H,15,19). The molecule has 0 fully saturated rings. The molecule has 0 aliphatic carbocycles. The zero-order valence-electron chi connectivity index (χ0n) is 10.6. The van der Waals surface area contributed by atoms with Crippen molar-refractivity contribution in [1.82, 2.24) is 9.78 Å². The highest BCUT2D eigenvalue weighted by Gasteiger charge is 2.14. The summed E-state index contributed by atoms with van der Waals surface area (Å²) in [5, 5.41) is 16.7. The molecule has 0 atom stereocenters. The number of phenolic OH excluding ortho intramolecular Hbond substituents is 1. The third-order valence-corrected chi connectivity index (χ3v) is 3.01. The lowest BCUT2D eigenvalue weighted by Crippen LogP contribution is -2.13. The van der Waals surface area contributed by atoms with Crippen LogP contribution >= 0.6 is 11.6 Å². The number of aromatic hydroxyl groups is 1. The third-order valence-electron chi connectivity index (χ3n) is 2.68. The minimum absolute atomic E-state index is 0.00329. The van der Waals surface area contributed by atoms with E-state index in [1.807, 2.05) is 6.92 Å². The van der Waals surface area contributed by atoms with Crippen LogP contribution in [0.3, 0.4) is 0 Å². The minimum Gasteiger partial charge on any atom is -0.508 e. The van der Waals surface area contributed by atoms with E-state index < -0.39 is 0 Å². The number of carbonyl (C=O) groups is 1. The van der Waals surface area contributed by atoms with E-state index >= 15 is 0 Å². The monoisotopic (exact) mass is 279 g/mol. The number of aromatic nitrogens is 2. The highest BCUT2D eigenvalue weighted by atomic mass is 35.5. The van der Waals surface area contributed by atoms with Gasteiger partial charge >= 0.3 is 0 Å². The van der Waals surface area contributed by atoms with Crippen LogP contribution in [0.25, 0.3) is 0 Å². The number of halogens is 1. The molecule has 0 bridgehead atoms. The molecule has 0 spiro atoms. The lowest BCUT2D eigenvalue weighted by molar-refractivity contribution is 0.102.